The van der Waals surface area contributed by atoms with Gasteiger partial charge in [0.15, 0.2) is 0 Å². The maximum atomic E-state index is 2.36. The summed E-state index contributed by atoms with van der Waals surface area (Å²) < 4.78 is 1.22. The van der Waals surface area contributed by atoms with Crippen molar-refractivity contribution in [2.75, 3.05) is 23.0 Å². The molecule has 3 saturated heterocycles. The van der Waals surface area contributed by atoms with Crippen molar-refractivity contribution in [3.8, 4) is 0 Å². The van der Waals surface area contributed by atoms with E-state index in [9.17, 15) is 0 Å². The summed E-state index contributed by atoms with van der Waals surface area (Å²) in [6, 6.07) is 0. The van der Waals surface area contributed by atoms with Gasteiger partial charge in [-0.1, -0.05) is 21.6 Å². The Morgan fingerprint density at radius 1 is 0.600 bits per heavy atom. The Bertz CT molecular complexity index is 206. The molecule has 0 bridgehead atoms. The fourth-order valence-electron chi connectivity index (χ4n) is 2.26. The second-order valence-electron chi connectivity index (χ2n) is 4.31. The first-order valence-corrected chi connectivity index (χ1v) is 10.8. The Kier molecular flexibility index (Phi) is 3.77. The lowest BCUT2D eigenvalue weighted by atomic mass is 10.2. The van der Waals surface area contributed by atoms with Crippen molar-refractivity contribution < 1.29 is 0 Å². The third-order valence-corrected chi connectivity index (χ3v) is 12.1. The Balaban J connectivity index is 1.70. The predicted octanol–water partition coefficient (Wildman–Crippen LogP) is 4.56. The number of thioether (sulfide) groups is 3. The van der Waals surface area contributed by atoms with Crippen LogP contribution < -0.4 is 0 Å². The molecule has 0 nitrogen and oxygen atoms in total. The topological polar surface area (TPSA) is 0 Å². The summed E-state index contributed by atoms with van der Waals surface area (Å²) in [7, 11) is 4.46. The van der Waals surface area contributed by atoms with Gasteiger partial charge in [-0.2, -0.15) is 23.5 Å². The van der Waals surface area contributed by atoms with Gasteiger partial charge in [-0.15, -0.1) is 11.8 Å². The standard InChI is InChI=1S/C10H16S5/c1-5-11-6-2-9(1)13-10(15-14-9)3-7-12-8-4-10/h1-8H2. The van der Waals surface area contributed by atoms with Gasteiger partial charge in [-0.05, 0) is 48.7 Å². The third-order valence-electron chi connectivity index (χ3n) is 3.23. The van der Waals surface area contributed by atoms with E-state index in [1.807, 2.05) is 0 Å². The molecule has 3 fully saturated rings. The second kappa shape index (κ2) is 4.79. The van der Waals surface area contributed by atoms with E-state index < -0.39 is 0 Å². The smallest absolute Gasteiger partial charge is 0.0744 e. The summed E-state index contributed by atoms with van der Waals surface area (Å²) >= 11 is 6.66. The molecule has 0 aromatic heterocycles. The van der Waals surface area contributed by atoms with E-state index in [4.69, 9.17) is 0 Å². The van der Waals surface area contributed by atoms with Crippen molar-refractivity contribution in [3.05, 3.63) is 0 Å². The first kappa shape index (κ1) is 11.8. The molecule has 0 N–H and O–H groups in total. The predicted molar refractivity (Wildman–Crippen MR) is 81.4 cm³/mol. The Morgan fingerprint density at radius 2 is 1.00 bits per heavy atom. The van der Waals surface area contributed by atoms with Crippen LogP contribution in [0.25, 0.3) is 0 Å². The molecular weight excluding hydrogens is 280 g/mol. The second-order valence-corrected chi connectivity index (χ2v) is 11.9. The molecule has 3 rings (SSSR count). The molecule has 3 heterocycles. The quantitative estimate of drug-likeness (QED) is 0.599. The SMILES string of the molecule is C1CC2(CCS1)SSC1(CCSCC1)S2. The van der Waals surface area contributed by atoms with E-state index in [1.165, 1.54) is 48.7 Å². The molecule has 15 heavy (non-hydrogen) atoms. The van der Waals surface area contributed by atoms with Crippen LogP contribution in [0, 0.1) is 0 Å². The van der Waals surface area contributed by atoms with E-state index in [-0.39, 0.29) is 0 Å². The molecule has 3 aliphatic heterocycles. The Morgan fingerprint density at radius 3 is 1.40 bits per heavy atom. The van der Waals surface area contributed by atoms with Gasteiger partial charge in [0.25, 0.3) is 0 Å². The van der Waals surface area contributed by atoms with Crippen LogP contribution in [0.2, 0.25) is 0 Å². The van der Waals surface area contributed by atoms with Crippen LogP contribution in [0.1, 0.15) is 25.7 Å². The molecule has 86 valence electrons. The molecule has 0 unspecified atom stereocenters. The van der Waals surface area contributed by atoms with E-state index in [2.05, 4.69) is 56.9 Å². The van der Waals surface area contributed by atoms with Crippen LogP contribution in [0.4, 0.5) is 0 Å². The lowest BCUT2D eigenvalue weighted by molar-refractivity contribution is 0.699. The molecule has 5 heteroatoms. The van der Waals surface area contributed by atoms with Gasteiger partial charge in [-0.3, -0.25) is 0 Å². The zero-order valence-corrected chi connectivity index (χ0v) is 12.8. The molecule has 0 saturated carbocycles. The first-order valence-electron chi connectivity index (χ1n) is 5.55. The van der Waals surface area contributed by atoms with Crippen LogP contribution >= 0.6 is 56.9 Å². The maximum absolute atomic E-state index is 2.36. The average Bonchev–Trinajstić information content (AvgIpc) is 2.60. The Hall–Kier alpha value is 1.75. The highest BCUT2D eigenvalue weighted by Crippen LogP contribution is 2.71. The zero-order valence-electron chi connectivity index (χ0n) is 8.70. The summed E-state index contributed by atoms with van der Waals surface area (Å²) in [5, 5.41) is 0. The largest absolute Gasteiger partial charge is 0.162 e. The molecule has 2 spiro atoms. The number of hydrogen-bond acceptors (Lipinski definition) is 5. The molecule has 0 aromatic carbocycles. The first-order chi connectivity index (χ1) is 7.33. The zero-order chi connectivity index (χ0) is 10.2. The van der Waals surface area contributed by atoms with Gasteiger partial charge in [0, 0.05) is 0 Å². The summed E-state index contributed by atoms with van der Waals surface area (Å²) in [5.74, 6) is 5.58. The van der Waals surface area contributed by atoms with E-state index in [1.54, 1.807) is 0 Å². The van der Waals surface area contributed by atoms with Gasteiger partial charge in [0.2, 0.25) is 0 Å². The van der Waals surface area contributed by atoms with Gasteiger partial charge >= 0.3 is 0 Å². The average molecular weight is 297 g/mol. The van der Waals surface area contributed by atoms with Crippen molar-refractivity contribution in [2.24, 2.45) is 0 Å². The number of hydrogen-bond donors (Lipinski definition) is 0. The van der Waals surface area contributed by atoms with Gasteiger partial charge in [-0.25, -0.2) is 0 Å². The highest BCUT2D eigenvalue weighted by Gasteiger charge is 2.51. The third kappa shape index (κ3) is 2.47. The highest BCUT2D eigenvalue weighted by atomic mass is 33.1. The summed E-state index contributed by atoms with van der Waals surface area (Å²) in [6.07, 6.45) is 5.76. The normalized spacial score (nSPS) is 33.6. The fourth-order valence-corrected chi connectivity index (χ4v) is 12.7. The molecule has 0 atom stereocenters. The van der Waals surface area contributed by atoms with Crippen LogP contribution in [0.15, 0.2) is 0 Å². The van der Waals surface area contributed by atoms with Crippen molar-refractivity contribution in [1.29, 1.82) is 0 Å². The minimum absolute atomic E-state index is 0.609. The molecule has 0 aliphatic carbocycles. The molecule has 3 aliphatic rings. The van der Waals surface area contributed by atoms with Crippen LogP contribution in [-0.4, -0.2) is 31.2 Å². The fraction of sp³-hybridized carbons (Fsp3) is 1.00. The van der Waals surface area contributed by atoms with Gasteiger partial charge < -0.3 is 0 Å². The molecule has 0 aromatic rings. The lowest BCUT2D eigenvalue weighted by Crippen LogP contribution is -2.29. The summed E-state index contributed by atoms with van der Waals surface area (Å²) in [4.78, 5) is 0. The maximum Gasteiger partial charge on any atom is 0.0744 e. The minimum atomic E-state index is 0.609. The number of rotatable bonds is 0. The summed E-state index contributed by atoms with van der Waals surface area (Å²) in [6.45, 7) is 0. The summed E-state index contributed by atoms with van der Waals surface area (Å²) in [5.41, 5.74) is 0. The molecule has 0 amide bonds. The molecular formula is C10H16S5. The monoisotopic (exact) mass is 296 g/mol. The van der Waals surface area contributed by atoms with Gasteiger partial charge in [0.1, 0.15) is 0 Å². The Labute approximate surface area is 113 Å². The van der Waals surface area contributed by atoms with E-state index in [0.29, 0.717) is 8.16 Å². The van der Waals surface area contributed by atoms with Crippen molar-refractivity contribution in [3.63, 3.8) is 0 Å². The van der Waals surface area contributed by atoms with Crippen molar-refractivity contribution in [2.45, 2.75) is 33.8 Å². The van der Waals surface area contributed by atoms with Gasteiger partial charge in [0.05, 0.1) is 8.16 Å². The minimum Gasteiger partial charge on any atom is -0.162 e. The van der Waals surface area contributed by atoms with E-state index >= 15 is 0 Å². The van der Waals surface area contributed by atoms with Crippen molar-refractivity contribution >= 4 is 56.9 Å². The van der Waals surface area contributed by atoms with Crippen LogP contribution in [-0.2, 0) is 0 Å². The van der Waals surface area contributed by atoms with Crippen LogP contribution in [0.5, 0.6) is 0 Å². The lowest BCUT2D eigenvalue weighted by Gasteiger charge is -2.35. The van der Waals surface area contributed by atoms with Crippen LogP contribution in [0.3, 0.4) is 0 Å². The van der Waals surface area contributed by atoms with Crippen molar-refractivity contribution in [1.82, 2.24) is 0 Å². The van der Waals surface area contributed by atoms with E-state index in [0.717, 1.165) is 0 Å². The molecule has 0 radical (unpaired) electrons. The highest BCUT2D eigenvalue weighted by molar-refractivity contribution is 8.83.